The van der Waals surface area contributed by atoms with Gasteiger partial charge in [-0.1, -0.05) is 19.3 Å². The van der Waals surface area contributed by atoms with Crippen molar-refractivity contribution in [3.63, 3.8) is 0 Å². The summed E-state index contributed by atoms with van der Waals surface area (Å²) in [5, 5.41) is 9.03. The van der Waals surface area contributed by atoms with E-state index < -0.39 is 6.10 Å². The van der Waals surface area contributed by atoms with Gasteiger partial charge >= 0.3 is 0 Å². The van der Waals surface area contributed by atoms with Gasteiger partial charge in [0.25, 0.3) is 0 Å². The second-order valence-corrected chi connectivity index (χ2v) is 3.85. The van der Waals surface area contributed by atoms with E-state index in [0.29, 0.717) is 6.42 Å². The summed E-state index contributed by atoms with van der Waals surface area (Å²) in [5.74, 6) is 0.526. The van der Waals surface area contributed by atoms with Crippen molar-refractivity contribution < 1.29 is 26.7 Å². The van der Waals surface area contributed by atoms with E-state index in [-0.39, 0.29) is 28.5 Å². The van der Waals surface area contributed by atoms with Gasteiger partial charge in [-0.05, 0) is 19.8 Å². The fourth-order valence-electron chi connectivity index (χ4n) is 1.88. The van der Waals surface area contributed by atoms with Gasteiger partial charge in [-0.15, -0.1) is 0 Å². The standard InChI is InChI=1S/C10H18O2.Co/c1-8(11)7-10(12)9-5-3-2-4-6-9;/h8-9,11H,2-7H2,1H3;. The molecule has 0 spiro atoms. The molecule has 1 radical (unpaired) electrons. The van der Waals surface area contributed by atoms with Gasteiger partial charge in [-0.2, -0.15) is 0 Å². The molecular weight excluding hydrogens is 211 g/mol. The first-order valence-corrected chi connectivity index (χ1v) is 4.91. The van der Waals surface area contributed by atoms with Crippen LogP contribution in [-0.2, 0) is 21.6 Å². The van der Waals surface area contributed by atoms with Crippen LogP contribution in [0.2, 0.25) is 0 Å². The smallest absolute Gasteiger partial charge is 0.138 e. The number of rotatable bonds is 3. The molecule has 0 amide bonds. The zero-order valence-corrected chi connectivity index (χ0v) is 9.13. The topological polar surface area (TPSA) is 37.3 Å². The second-order valence-electron chi connectivity index (χ2n) is 3.85. The molecule has 0 aromatic rings. The molecule has 1 fully saturated rings. The SMILES string of the molecule is CC(O)CC(=O)C1CCCCC1.[Co]. The van der Waals surface area contributed by atoms with Crippen LogP contribution in [0.5, 0.6) is 0 Å². The number of aliphatic hydroxyl groups excluding tert-OH is 1. The van der Waals surface area contributed by atoms with Gasteiger partial charge in [0.05, 0.1) is 6.10 Å². The van der Waals surface area contributed by atoms with Crippen molar-refractivity contribution in [3.05, 3.63) is 0 Å². The molecule has 1 atom stereocenters. The third-order valence-corrected chi connectivity index (χ3v) is 2.56. The summed E-state index contributed by atoms with van der Waals surface area (Å²) in [6, 6.07) is 0. The van der Waals surface area contributed by atoms with Crippen LogP contribution in [0.4, 0.5) is 0 Å². The molecule has 1 aliphatic rings. The van der Waals surface area contributed by atoms with Gasteiger partial charge in [0.15, 0.2) is 0 Å². The molecule has 0 aromatic heterocycles. The van der Waals surface area contributed by atoms with Gasteiger partial charge < -0.3 is 5.11 Å². The van der Waals surface area contributed by atoms with E-state index in [4.69, 9.17) is 5.11 Å². The van der Waals surface area contributed by atoms with Crippen LogP contribution in [0.25, 0.3) is 0 Å². The third kappa shape index (κ3) is 4.79. The quantitative estimate of drug-likeness (QED) is 0.802. The molecule has 1 saturated carbocycles. The fraction of sp³-hybridized carbons (Fsp3) is 0.900. The monoisotopic (exact) mass is 229 g/mol. The maximum absolute atomic E-state index is 11.4. The molecule has 1 rings (SSSR count). The number of aliphatic hydroxyl groups is 1. The van der Waals surface area contributed by atoms with Crippen LogP contribution in [0, 0.1) is 5.92 Å². The second kappa shape index (κ2) is 6.57. The zero-order valence-electron chi connectivity index (χ0n) is 8.09. The molecular formula is C10H18CoO2. The minimum Gasteiger partial charge on any atom is -0.393 e. The van der Waals surface area contributed by atoms with Crippen LogP contribution in [-0.4, -0.2) is 17.0 Å². The average Bonchev–Trinajstić information content (AvgIpc) is 2.05. The van der Waals surface area contributed by atoms with Crippen molar-refractivity contribution in [3.8, 4) is 0 Å². The minimum absolute atomic E-state index is 0. The van der Waals surface area contributed by atoms with E-state index in [9.17, 15) is 4.79 Å². The van der Waals surface area contributed by atoms with Crippen molar-refractivity contribution in [2.75, 3.05) is 0 Å². The predicted octanol–water partition coefficient (Wildman–Crippen LogP) is 1.90. The number of carbonyl (C=O) groups is 1. The van der Waals surface area contributed by atoms with Crippen LogP contribution in [0.3, 0.4) is 0 Å². The van der Waals surface area contributed by atoms with Crippen molar-refractivity contribution >= 4 is 5.78 Å². The Kier molecular flexibility index (Phi) is 6.64. The molecule has 0 bridgehead atoms. The van der Waals surface area contributed by atoms with Gasteiger partial charge in [-0.25, -0.2) is 0 Å². The van der Waals surface area contributed by atoms with Crippen molar-refractivity contribution in [1.82, 2.24) is 0 Å². The number of hydrogen-bond acceptors (Lipinski definition) is 2. The first kappa shape index (κ1) is 13.1. The molecule has 0 aliphatic heterocycles. The molecule has 13 heavy (non-hydrogen) atoms. The normalized spacial score (nSPS) is 20.5. The van der Waals surface area contributed by atoms with Crippen LogP contribution >= 0.6 is 0 Å². The Balaban J connectivity index is 0.00000144. The van der Waals surface area contributed by atoms with Crippen molar-refractivity contribution in [2.45, 2.75) is 51.6 Å². The van der Waals surface area contributed by atoms with E-state index in [0.717, 1.165) is 12.8 Å². The maximum atomic E-state index is 11.4. The Bertz CT molecular complexity index is 151. The van der Waals surface area contributed by atoms with E-state index in [2.05, 4.69) is 0 Å². The molecule has 1 N–H and O–H groups in total. The summed E-state index contributed by atoms with van der Waals surface area (Å²) < 4.78 is 0. The van der Waals surface area contributed by atoms with Gasteiger partial charge in [0.2, 0.25) is 0 Å². The molecule has 0 heterocycles. The Morgan fingerprint density at radius 1 is 1.38 bits per heavy atom. The summed E-state index contributed by atoms with van der Waals surface area (Å²) in [4.78, 5) is 11.4. The molecule has 0 aromatic carbocycles. The maximum Gasteiger partial charge on any atom is 0.138 e. The van der Waals surface area contributed by atoms with Crippen LogP contribution in [0.1, 0.15) is 45.4 Å². The first-order chi connectivity index (χ1) is 5.70. The van der Waals surface area contributed by atoms with E-state index in [1.54, 1.807) is 6.92 Å². The van der Waals surface area contributed by atoms with Crippen LogP contribution in [0.15, 0.2) is 0 Å². The van der Waals surface area contributed by atoms with E-state index in [1.807, 2.05) is 0 Å². The Labute approximate surface area is 90.3 Å². The van der Waals surface area contributed by atoms with Gasteiger partial charge in [0, 0.05) is 29.1 Å². The molecule has 1 aliphatic carbocycles. The molecule has 0 saturated heterocycles. The summed E-state index contributed by atoms with van der Waals surface area (Å²) in [6.07, 6.45) is 5.64. The molecule has 2 nitrogen and oxygen atoms in total. The Morgan fingerprint density at radius 2 is 1.92 bits per heavy atom. The Morgan fingerprint density at radius 3 is 2.38 bits per heavy atom. The zero-order chi connectivity index (χ0) is 8.97. The van der Waals surface area contributed by atoms with Crippen LogP contribution < -0.4 is 0 Å². The van der Waals surface area contributed by atoms with Gasteiger partial charge in [0.1, 0.15) is 5.78 Å². The molecule has 1 unspecified atom stereocenters. The Hall–Kier alpha value is 0.136. The summed E-state index contributed by atoms with van der Waals surface area (Å²) in [5.41, 5.74) is 0. The summed E-state index contributed by atoms with van der Waals surface area (Å²) in [6.45, 7) is 1.68. The first-order valence-electron chi connectivity index (χ1n) is 4.91. The van der Waals surface area contributed by atoms with Crippen molar-refractivity contribution in [2.24, 2.45) is 5.92 Å². The molecule has 3 heteroatoms. The number of carbonyl (C=O) groups excluding carboxylic acids is 1. The number of Topliss-reactive ketones (excluding diaryl/α,β-unsaturated/α-hetero) is 1. The summed E-state index contributed by atoms with van der Waals surface area (Å²) >= 11 is 0. The van der Waals surface area contributed by atoms with E-state index >= 15 is 0 Å². The minimum atomic E-state index is -0.459. The summed E-state index contributed by atoms with van der Waals surface area (Å²) in [7, 11) is 0. The van der Waals surface area contributed by atoms with Crippen molar-refractivity contribution in [1.29, 1.82) is 0 Å². The predicted molar refractivity (Wildman–Crippen MR) is 47.9 cm³/mol. The van der Waals surface area contributed by atoms with Gasteiger partial charge in [-0.3, -0.25) is 4.79 Å². The third-order valence-electron chi connectivity index (χ3n) is 2.56. The van der Waals surface area contributed by atoms with E-state index in [1.165, 1.54) is 19.3 Å². The number of ketones is 1. The average molecular weight is 229 g/mol. The molecule has 79 valence electrons. The fourth-order valence-corrected chi connectivity index (χ4v) is 1.88. The number of hydrogen-bond donors (Lipinski definition) is 1. The largest absolute Gasteiger partial charge is 0.393 e.